The molecular weight excluding hydrogens is 376 g/mol. The number of aromatic nitrogens is 1. The lowest BCUT2D eigenvalue weighted by Crippen LogP contribution is -2.32. The van der Waals surface area contributed by atoms with Crippen LogP contribution in [0.15, 0.2) is 48.5 Å². The first-order valence-electron chi connectivity index (χ1n) is 9.22. The lowest BCUT2D eigenvalue weighted by Gasteiger charge is -2.18. The largest absolute Gasteiger partial charge is 0.464 e. The van der Waals surface area contributed by atoms with Crippen LogP contribution in [0.25, 0.3) is 10.9 Å². The molecule has 2 N–H and O–H groups in total. The van der Waals surface area contributed by atoms with E-state index in [1.807, 2.05) is 35.9 Å². The first-order valence-corrected chi connectivity index (χ1v) is 9.60. The number of aliphatic hydroxyl groups excluding tert-OH is 1. The van der Waals surface area contributed by atoms with Crippen molar-refractivity contribution in [2.24, 2.45) is 7.05 Å². The summed E-state index contributed by atoms with van der Waals surface area (Å²) in [5, 5.41) is 15.3. The summed E-state index contributed by atoms with van der Waals surface area (Å²) in [6, 6.07) is 15.5. The molecule has 0 fully saturated rings. The van der Waals surface area contributed by atoms with E-state index in [0.717, 1.165) is 28.5 Å². The highest BCUT2D eigenvalue weighted by molar-refractivity contribution is 6.30. The van der Waals surface area contributed by atoms with Gasteiger partial charge >= 0.3 is 5.97 Å². The van der Waals surface area contributed by atoms with E-state index < -0.39 is 6.10 Å². The molecule has 1 heterocycles. The number of aryl methyl sites for hydroxylation is 1. The third kappa shape index (κ3) is 4.55. The molecule has 6 heteroatoms. The topological polar surface area (TPSA) is 63.5 Å². The summed E-state index contributed by atoms with van der Waals surface area (Å²) in [4.78, 5) is 11.9. The number of methoxy groups -OCH3 is 1. The van der Waals surface area contributed by atoms with E-state index in [-0.39, 0.29) is 12.0 Å². The van der Waals surface area contributed by atoms with Crippen LogP contribution in [0.5, 0.6) is 0 Å². The summed E-state index contributed by atoms with van der Waals surface area (Å²) in [6.07, 6.45) is 0.195. The van der Waals surface area contributed by atoms with Gasteiger partial charge in [0.25, 0.3) is 0 Å². The second kappa shape index (κ2) is 8.78. The van der Waals surface area contributed by atoms with Gasteiger partial charge < -0.3 is 19.7 Å². The molecule has 0 aliphatic heterocycles. The van der Waals surface area contributed by atoms with Gasteiger partial charge in [-0.05, 0) is 54.8 Å². The molecule has 1 aromatic heterocycles. The van der Waals surface area contributed by atoms with E-state index in [2.05, 4.69) is 24.4 Å². The van der Waals surface area contributed by atoms with Crippen molar-refractivity contribution < 1.29 is 14.6 Å². The molecule has 0 saturated heterocycles. The molecule has 0 aliphatic rings. The van der Waals surface area contributed by atoms with Crippen molar-refractivity contribution in [3.8, 4) is 0 Å². The van der Waals surface area contributed by atoms with E-state index in [1.54, 1.807) is 12.1 Å². The Hall–Kier alpha value is -2.34. The predicted octanol–water partition coefficient (Wildman–Crippen LogP) is 3.87. The monoisotopic (exact) mass is 400 g/mol. The second-order valence-corrected chi connectivity index (χ2v) is 7.49. The van der Waals surface area contributed by atoms with Crippen molar-refractivity contribution in [2.45, 2.75) is 25.5 Å². The molecule has 28 heavy (non-hydrogen) atoms. The third-order valence-corrected chi connectivity index (χ3v) is 5.17. The van der Waals surface area contributed by atoms with Crippen molar-refractivity contribution in [1.82, 2.24) is 9.88 Å². The number of ether oxygens (including phenoxy) is 1. The molecule has 0 aliphatic carbocycles. The van der Waals surface area contributed by atoms with E-state index in [1.165, 1.54) is 7.11 Å². The number of hydrogen-bond donors (Lipinski definition) is 2. The van der Waals surface area contributed by atoms with Gasteiger partial charge in [-0.25, -0.2) is 4.79 Å². The number of nitrogens with zero attached hydrogens (tertiary/aromatic N) is 1. The van der Waals surface area contributed by atoms with Crippen molar-refractivity contribution in [3.63, 3.8) is 0 Å². The van der Waals surface area contributed by atoms with E-state index in [4.69, 9.17) is 16.3 Å². The number of fused-ring (bicyclic) bond motifs is 1. The highest BCUT2D eigenvalue weighted by Crippen LogP contribution is 2.22. The van der Waals surface area contributed by atoms with Crippen molar-refractivity contribution in [1.29, 1.82) is 0 Å². The van der Waals surface area contributed by atoms with Crippen LogP contribution in [0.2, 0.25) is 5.02 Å². The Balaban J connectivity index is 1.64. The minimum Gasteiger partial charge on any atom is -0.464 e. The van der Waals surface area contributed by atoms with Crippen molar-refractivity contribution >= 4 is 28.5 Å². The molecule has 2 unspecified atom stereocenters. The van der Waals surface area contributed by atoms with Crippen molar-refractivity contribution in [2.75, 3.05) is 13.7 Å². The zero-order valence-corrected chi connectivity index (χ0v) is 17.0. The molecule has 0 saturated carbocycles. The Morgan fingerprint density at radius 3 is 2.75 bits per heavy atom. The first-order chi connectivity index (χ1) is 13.4. The van der Waals surface area contributed by atoms with Gasteiger partial charge in [-0.3, -0.25) is 0 Å². The van der Waals surface area contributed by atoms with Crippen LogP contribution < -0.4 is 5.32 Å². The van der Waals surface area contributed by atoms with Crippen LogP contribution in [0, 0.1) is 0 Å². The van der Waals surface area contributed by atoms with Crippen LogP contribution in [-0.2, 0) is 18.2 Å². The molecule has 2 atom stereocenters. The Bertz CT molecular complexity index is 983. The lowest BCUT2D eigenvalue weighted by molar-refractivity contribution is 0.0590. The maximum atomic E-state index is 11.9. The van der Waals surface area contributed by atoms with E-state index in [0.29, 0.717) is 17.3 Å². The summed E-state index contributed by atoms with van der Waals surface area (Å²) in [5.74, 6) is -0.342. The van der Waals surface area contributed by atoms with Gasteiger partial charge in [0.05, 0.1) is 13.2 Å². The van der Waals surface area contributed by atoms with Gasteiger partial charge in [0.1, 0.15) is 5.69 Å². The molecular formula is C22H25ClN2O3. The summed E-state index contributed by atoms with van der Waals surface area (Å²) in [6.45, 7) is 2.53. The molecule has 0 spiro atoms. The quantitative estimate of drug-likeness (QED) is 0.591. The number of aliphatic hydroxyl groups is 1. The highest BCUT2D eigenvalue weighted by Gasteiger charge is 2.15. The SMILES string of the molecule is COC(=O)c1cc2cc(CC(C)NCC(O)c3cccc(Cl)c3)ccc2n1C. The molecule has 3 aromatic rings. The Labute approximate surface area is 169 Å². The average Bonchev–Trinajstić information content (AvgIpc) is 3.01. The fourth-order valence-electron chi connectivity index (χ4n) is 3.40. The van der Waals surface area contributed by atoms with E-state index >= 15 is 0 Å². The molecule has 0 bridgehead atoms. The van der Waals surface area contributed by atoms with Crippen LogP contribution >= 0.6 is 11.6 Å². The van der Waals surface area contributed by atoms with Crippen LogP contribution in [0.1, 0.15) is 34.6 Å². The van der Waals surface area contributed by atoms with Gasteiger partial charge in [0.2, 0.25) is 0 Å². The van der Waals surface area contributed by atoms with Gasteiger partial charge in [-0.2, -0.15) is 0 Å². The Morgan fingerprint density at radius 1 is 1.25 bits per heavy atom. The number of carbonyl (C=O) groups excluding carboxylic acids is 1. The standard InChI is InChI=1S/C22H25ClN2O3/c1-14(24-13-21(26)16-5-4-6-18(23)11-16)9-15-7-8-19-17(10-15)12-20(25(19)2)22(27)28-3/h4-8,10-12,14,21,24,26H,9,13H2,1-3H3. The number of hydrogen-bond acceptors (Lipinski definition) is 4. The summed E-state index contributed by atoms with van der Waals surface area (Å²) in [5.41, 5.74) is 3.48. The molecule has 0 amide bonds. The first kappa shape index (κ1) is 20.4. The van der Waals surface area contributed by atoms with Gasteiger partial charge in [0, 0.05) is 35.6 Å². The smallest absolute Gasteiger partial charge is 0.354 e. The summed E-state index contributed by atoms with van der Waals surface area (Å²) < 4.78 is 6.68. The molecule has 5 nitrogen and oxygen atoms in total. The van der Waals surface area contributed by atoms with Crippen LogP contribution in [0.3, 0.4) is 0 Å². The minimum atomic E-state index is -0.611. The molecule has 148 valence electrons. The van der Waals surface area contributed by atoms with Gasteiger partial charge in [-0.1, -0.05) is 29.8 Å². The molecule has 0 radical (unpaired) electrons. The Morgan fingerprint density at radius 2 is 2.04 bits per heavy atom. The number of rotatable bonds is 7. The van der Waals surface area contributed by atoms with Crippen molar-refractivity contribution in [3.05, 3.63) is 70.4 Å². The molecule has 2 aromatic carbocycles. The maximum absolute atomic E-state index is 11.9. The number of benzene rings is 2. The summed E-state index contributed by atoms with van der Waals surface area (Å²) in [7, 11) is 3.24. The second-order valence-electron chi connectivity index (χ2n) is 7.06. The van der Waals surface area contributed by atoms with Gasteiger partial charge in [0.15, 0.2) is 0 Å². The highest BCUT2D eigenvalue weighted by atomic mass is 35.5. The Kier molecular flexibility index (Phi) is 6.39. The fourth-order valence-corrected chi connectivity index (χ4v) is 3.60. The maximum Gasteiger partial charge on any atom is 0.354 e. The van der Waals surface area contributed by atoms with Crippen LogP contribution in [0.4, 0.5) is 0 Å². The number of nitrogens with one attached hydrogen (secondary N) is 1. The third-order valence-electron chi connectivity index (χ3n) is 4.94. The zero-order chi connectivity index (χ0) is 20.3. The number of carbonyl (C=O) groups is 1. The lowest BCUT2D eigenvalue weighted by atomic mass is 10.0. The number of esters is 1. The number of halogens is 1. The minimum absolute atomic E-state index is 0.176. The molecule has 3 rings (SSSR count). The summed E-state index contributed by atoms with van der Waals surface area (Å²) >= 11 is 5.99. The fraction of sp³-hybridized carbons (Fsp3) is 0.318. The van der Waals surface area contributed by atoms with Crippen LogP contribution in [-0.4, -0.2) is 35.3 Å². The van der Waals surface area contributed by atoms with E-state index in [9.17, 15) is 9.90 Å². The average molecular weight is 401 g/mol. The zero-order valence-electron chi connectivity index (χ0n) is 16.3. The normalized spacial score (nSPS) is 13.5. The predicted molar refractivity (Wildman–Crippen MR) is 112 cm³/mol. The van der Waals surface area contributed by atoms with Gasteiger partial charge in [-0.15, -0.1) is 0 Å².